The van der Waals surface area contributed by atoms with Crippen molar-refractivity contribution in [3.63, 3.8) is 0 Å². The molecule has 4 nitrogen and oxygen atoms in total. The molecule has 1 saturated heterocycles. The molecule has 2 atom stereocenters. The number of hydrogen-bond donors (Lipinski definition) is 2. The van der Waals surface area contributed by atoms with Crippen molar-refractivity contribution in [1.82, 2.24) is 0 Å². The molecule has 1 amide bonds. The van der Waals surface area contributed by atoms with E-state index >= 15 is 0 Å². The van der Waals surface area contributed by atoms with E-state index in [1.807, 2.05) is 6.07 Å². The van der Waals surface area contributed by atoms with Crippen molar-refractivity contribution in [1.29, 1.82) is 0 Å². The molecule has 0 aromatic heterocycles. The van der Waals surface area contributed by atoms with Gasteiger partial charge in [0.2, 0.25) is 5.91 Å². The first-order valence-corrected chi connectivity index (χ1v) is 7.53. The number of fused-ring (bicyclic) bond motifs is 1. The summed E-state index contributed by atoms with van der Waals surface area (Å²) in [6, 6.07) is 4.63. The maximum Gasteiger partial charge on any atom is 0.224 e. The number of hydrogen-bond acceptors (Lipinski definition) is 3. The zero-order valence-electron chi connectivity index (χ0n) is 12.3. The Hall–Kier alpha value is -1.71. The lowest BCUT2D eigenvalue weighted by Crippen LogP contribution is -2.40. The molecule has 20 heavy (non-hydrogen) atoms. The molecule has 3 N–H and O–H groups in total. The topological polar surface area (TPSA) is 58.4 Å². The van der Waals surface area contributed by atoms with Crippen molar-refractivity contribution in [3.05, 3.63) is 17.7 Å². The van der Waals surface area contributed by atoms with E-state index in [1.165, 1.54) is 18.4 Å². The van der Waals surface area contributed by atoms with E-state index in [4.69, 9.17) is 5.73 Å². The minimum Gasteiger partial charge on any atom is -0.397 e. The molecule has 0 radical (unpaired) electrons. The molecule has 108 valence electrons. The van der Waals surface area contributed by atoms with Gasteiger partial charge in [-0.1, -0.05) is 6.92 Å². The smallest absolute Gasteiger partial charge is 0.224 e. The summed E-state index contributed by atoms with van der Waals surface area (Å²) < 4.78 is 0. The number of amides is 1. The van der Waals surface area contributed by atoms with Gasteiger partial charge in [0.15, 0.2) is 0 Å². The first-order chi connectivity index (χ1) is 9.54. The number of rotatable bonds is 1. The summed E-state index contributed by atoms with van der Waals surface area (Å²) >= 11 is 0. The van der Waals surface area contributed by atoms with Gasteiger partial charge in [0.1, 0.15) is 0 Å². The number of nitrogen functional groups attached to an aromatic ring is 1. The van der Waals surface area contributed by atoms with Crippen LogP contribution in [-0.4, -0.2) is 18.5 Å². The Kier molecular flexibility index (Phi) is 3.32. The SMILES string of the molecule is CC1CCN(c2cc3c(cc2N)NC(=O)CC3)C(C)C1. The summed E-state index contributed by atoms with van der Waals surface area (Å²) in [6.07, 6.45) is 3.82. The highest BCUT2D eigenvalue weighted by atomic mass is 16.1. The van der Waals surface area contributed by atoms with Crippen LogP contribution in [0.4, 0.5) is 17.1 Å². The Morgan fingerprint density at radius 2 is 2.10 bits per heavy atom. The molecule has 0 bridgehead atoms. The molecular formula is C16H23N3O. The van der Waals surface area contributed by atoms with Crippen molar-refractivity contribution in [2.75, 3.05) is 22.5 Å². The van der Waals surface area contributed by atoms with Gasteiger partial charge in [-0.2, -0.15) is 0 Å². The standard InChI is InChI=1S/C16H23N3O/c1-10-5-6-19(11(2)7-10)15-8-12-3-4-16(20)18-14(12)9-13(15)17/h8-11H,3-7,17H2,1-2H3,(H,18,20). The first kappa shape index (κ1) is 13.3. The van der Waals surface area contributed by atoms with Crippen LogP contribution in [0, 0.1) is 5.92 Å². The average Bonchev–Trinajstić information content (AvgIpc) is 2.38. The Morgan fingerprint density at radius 3 is 2.85 bits per heavy atom. The molecule has 1 fully saturated rings. The molecule has 0 saturated carbocycles. The molecule has 2 aliphatic heterocycles. The summed E-state index contributed by atoms with van der Waals surface area (Å²) in [6.45, 7) is 5.66. The average molecular weight is 273 g/mol. The lowest BCUT2D eigenvalue weighted by molar-refractivity contribution is -0.116. The van der Waals surface area contributed by atoms with Crippen LogP contribution < -0.4 is 16.0 Å². The fraction of sp³-hybridized carbons (Fsp3) is 0.562. The van der Waals surface area contributed by atoms with Gasteiger partial charge in [0.05, 0.1) is 11.4 Å². The van der Waals surface area contributed by atoms with E-state index in [-0.39, 0.29) is 5.91 Å². The second-order valence-corrected chi connectivity index (χ2v) is 6.29. The van der Waals surface area contributed by atoms with Gasteiger partial charge in [-0.3, -0.25) is 4.79 Å². The van der Waals surface area contributed by atoms with Gasteiger partial charge in [-0.25, -0.2) is 0 Å². The maximum absolute atomic E-state index is 11.4. The number of anilines is 3. The zero-order valence-corrected chi connectivity index (χ0v) is 12.3. The summed E-state index contributed by atoms with van der Waals surface area (Å²) in [5, 5.41) is 2.91. The summed E-state index contributed by atoms with van der Waals surface area (Å²) in [4.78, 5) is 13.9. The quantitative estimate of drug-likeness (QED) is 0.774. The Labute approximate surface area is 120 Å². The molecule has 3 rings (SSSR count). The first-order valence-electron chi connectivity index (χ1n) is 7.53. The van der Waals surface area contributed by atoms with Crippen molar-refractivity contribution in [2.24, 2.45) is 5.92 Å². The third-order valence-electron chi connectivity index (χ3n) is 4.60. The summed E-state index contributed by atoms with van der Waals surface area (Å²) in [5.74, 6) is 0.879. The molecule has 0 spiro atoms. The number of nitrogens with zero attached hydrogens (tertiary/aromatic N) is 1. The number of carbonyl (C=O) groups excluding carboxylic acids is 1. The minimum absolute atomic E-state index is 0.0878. The zero-order chi connectivity index (χ0) is 14.3. The molecule has 2 heterocycles. The second kappa shape index (κ2) is 5.00. The Balaban J connectivity index is 1.92. The van der Waals surface area contributed by atoms with Crippen LogP contribution in [0.1, 0.15) is 38.7 Å². The van der Waals surface area contributed by atoms with Crippen LogP contribution >= 0.6 is 0 Å². The summed E-state index contributed by atoms with van der Waals surface area (Å²) in [5.41, 5.74) is 10.2. The lowest BCUT2D eigenvalue weighted by atomic mass is 9.92. The number of piperidine rings is 1. The highest BCUT2D eigenvalue weighted by Crippen LogP contribution is 2.36. The van der Waals surface area contributed by atoms with Gasteiger partial charge < -0.3 is 16.0 Å². The highest BCUT2D eigenvalue weighted by Gasteiger charge is 2.26. The van der Waals surface area contributed by atoms with Crippen LogP contribution in [-0.2, 0) is 11.2 Å². The Bertz CT molecular complexity index is 541. The highest BCUT2D eigenvalue weighted by molar-refractivity contribution is 5.95. The molecule has 4 heteroatoms. The van der Waals surface area contributed by atoms with E-state index in [1.54, 1.807) is 0 Å². The van der Waals surface area contributed by atoms with Crippen molar-refractivity contribution >= 4 is 23.0 Å². The van der Waals surface area contributed by atoms with Crippen molar-refractivity contribution in [3.8, 4) is 0 Å². The Morgan fingerprint density at radius 1 is 1.30 bits per heavy atom. The van der Waals surface area contributed by atoms with Gasteiger partial charge in [-0.05, 0) is 49.8 Å². The number of nitrogens with two attached hydrogens (primary N) is 1. The number of carbonyl (C=O) groups is 1. The second-order valence-electron chi connectivity index (χ2n) is 6.29. The molecule has 2 unspecified atom stereocenters. The van der Waals surface area contributed by atoms with Gasteiger partial charge >= 0.3 is 0 Å². The van der Waals surface area contributed by atoms with Crippen LogP contribution in [0.25, 0.3) is 0 Å². The van der Waals surface area contributed by atoms with Gasteiger partial charge in [-0.15, -0.1) is 0 Å². The summed E-state index contributed by atoms with van der Waals surface area (Å²) in [7, 11) is 0. The van der Waals surface area contributed by atoms with Gasteiger partial charge in [0, 0.05) is 24.7 Å². The van der Waals surface area contributed by atoms with E-state index in [2.05, 4.69) is 30.1 Å². The molecule has 0 aliphatic carbocycles. The van der Waals surface area contributed by atoms with Crippen molar-refractivity contribution in [2.45, 2.75) is 45.6 Å². The normalized spacial score (nSPS) is 26.1. The van der Waals surface area contributed by atoms with Crippen molar-refractivity contribution < 1.29 is 4.79 Å². The minimum atomic E-state index is 0.0878. The predicted molar refractivity (Wildman–Crippen MR) is 83.0 cm³/mol. The molecule has 2 aliphatic rings. The van der Waals surface area contributed by atoms with E-state index in [0.29, 0.717) is 12.5 Å². The predicted octanol–water partition coefficient (Wildman–Crippen LogP) is 2.78. The molecule has 1 aromatic rings. The molecular weight excluding hydrogens is 250 g/mol. The van der Waals surface area contributed by atoms with E-state index in [0.717, 1.165) is 35.9 Å². The number of aryl methyl sites for hydroxylation is 1. The monoisotopic (exact) mass is 273 g/mol. The maximum atomic E-state index is 11.4. The third kappa shape index (κ3) is 2.35. The third-order valence-corrected chi connectivity index (χ3v) is 4.60. The number of nitrogens with one attached hydrogen (secondary N) is 1. The fourth-order valence-corrected chi connectivity index (χ4v) is 3.45. The molecule has 1 aromatic carbocycles. The van der Waals surface area contributed by atoms with Crippen LogP contribution in [0.2, 0.25) is 0 Å². The van der Waals surface area contributed by atoms with Crippen LogP contribution in [0.15, 0.2) is 12.1 Å². The number of benzene rings is 1. The van der Waals surface area contributed by atoms with E-state index in [9.17, 15) is 4.79 Å². The largest absolute Gasteiger partial charge is 0.397 e. The van der Waals surface area contributed by atoms with Gasteiger partial charge in [0.25, 0.3) is 0 Å². The lowest BCUT2D eigenvalue weighted by Gasteiger charge is -2.39. The van der Waals surface area contributed by atoms with E-state index < -0.39 is 0 Å². The fourth-order valence-electron chi connectivity index (χ4n) is 3.45. The van der Waals surface area contributed by atoms with Crippen LogP contribution in [0.5, 0.6) is 0 Å². The van der Waals surface area contributed by atoms with Crippen LogP contribution in [0.3, 0.4) is 0 Å².